The van der Waals surface area contributed by atoms with Crippen molar-refractivity contribution in [2.75, 3.05) is 31.1 Å². The summed E-state index contributed by atoms with van der Waals surface area (Å²) in [4.78, 5) is 5.10. The van der Waals surface area contributed by atoms with Crippen molar-refractivity contribution < 1.29 is 0 Å². The van der Waals surface area contributed by atoms with Gasteiger partial charge in [0.1, 0.15) is 0 Å². The third-order valence-electron chi connectivity index (χ3n) is 6.09. The first-order valence-electron chi connectivity index (χ1n) is 11.0. The first-order chi connectivity index (χ1) is 14.3. The van der Waals surface area contributed by atoms with Crippen LogP contribution in [0.4, 0.5) is 11.4 Å². The van der Waals surface area contributed by atoms with Crippen molar-refractivity contribution >= 4 is 11.4 Å². The Bertz CT molecular complexity index is 828. The zero-order valence-corrected chi connectivity index (χ0v) is 17.5. The van der Waals surface area contributed by atoms with Gasteiger partial charge in [0.25, 0.3) is 0 Å². The van der Waals surface area contributed by atoms with Crippen LogP contribution in [0.3, 0.4) is 0 Å². The minimum atomic E-state index is 0.733. The molecule has 29 heavy (non-hydrogen) atoms. The van der Waals surface area contributed by atoms with Crippen molar-refractivity contribution in [3.05, 3.63) is 96.1 Å². The minimum Gasteiger partial charge on any atom is -0.341 e. The Labute approximate surface area is 175 Å². The van der Waals surface area contributed by atoms with Crippen molar-refractivity contribution in [1.82, 2.24) is 4.90 Å². The lowest BCUT2D eigenvalue weighted by Crippen LogP contribution is -2.35. The molecule has 0 unspecified atom stereocenters. The van der Waals surface area contributed by atoms with E-state index in [1.807, 2.05) is 0 Å². The fraction of sp³-hybridized carbons (Fsp3) is 0.333. The molecule has 0 N–H and O–H groups in total. The van der Waals surface area contributed by atoms with Crippen molar-refractivity contribution in [1.29, 1.82) is 0 Å². The number of hydrogen-bond donors (Lipinski definition) is 0. The molecular formula is C27H32N2. The van der Waals surface area contributed by atoms with E-state index in [0.717, 1.165) is 12.5 Å². The summed E-state index contributed by atoms with van der Waals surface area (Å²) in [6, 6.07) is 30.6. The second-order valence-corrected chi connectivity index (χ2v) is 8.21. The van der Waals surface area contributed by atoms with E-state index in [4.69, 9.17) is 0 Å². The predicted molar refractivity (Wildman–Crippen MR) is 124 cm³/mol. The number of benzene rings is 3. The van der Waals surface area contributed by atoms with Gasteiger partial charge >= 0.3 is 0 Å². The zero-order chi connectivity index (χ0) is 19.9. The zero-order valence-electron chi connectivity index (χ0n) is 17.5. The third-order valence-corrected chi connectivity index (χ3v) is 6.09. The van der Waals surface area contributed by atoms with E-state index >= 15 is 0 Å². The molecule has 1 heterocycles. The average molecular weight is 385 g/mol. The third kappa shape index (κ3) is 5.27. The predicted octanol–water partition coefficient (Wildman–Crippen LogP) is 6.40. The summed E-state index contributed by atoms with van der Waals surface area (Å²) in [6.45, 7) is 6.86. The number of nitrogens with zero attached hydrogens (tertiary/aromatic N) is 2. The van der Waals surface area contributed by atoms with Crippen LogP contribution in [0, 0.1) is 6.92 Å². The fourth-order valence-electron chi connectivity index (χ4n) is 4.49. The van der Waals surface area contributed by atoms with Gasteiger partial charge in [0.2, 0.25) is 0 Å². The Kier molecular flexibility index (Phi) is 6.63. The number of anilines is 2. The van der Waals surface area contributed by atoms with Crippen LogP contribution in [0.1, 0.15) is 36.3 Å². The number of aryl methyl sites for hydroxylation is 1. The lowest BCUT2D eigenvalue weighted by Gasteiger charge is -2.33. The van der Waals surface area contributed by atoms with E-state index in [9.17, 15) is 0 Å². The van der Waals surface area contributed by atoms with Gasteiger partial charge in [-0.15, -0.1) is 0 Å². The molecule has 1 saturated heterocycles. The Balaban J connectivity index is 1.31. The molecule has 1 aliphatic heterocycles. The second-order valence-electron chi connectivity index (χ2n) is 8.21. The van der Waals surface area contributed by atoms with Crippen LogP contribution < -0.4 is 4.90 Å². The monoisotopic (exact) mass is 384 g/mol. The lowest BCUT2D eigenvalue weighted by molar-refractivity contribution is 0.211. The van der Waals surface area contributed by atoms with Gasteiger partial charge in [-0.3, -0.25) is 0 Å². The van der Waals surface area contributed by atoms with Gasteiger partial charge < -0.3 is 9.80 Å². The summed E-state index contributed by atoms with van der Waals surface area (Å²) in [5.41, 5.74) is 5.46. The number of piperidine rings is 1. The molecule has 150 valence electrons. The molecule has 0 aromatic heterocycles. The minimum absolute atomic E-state index is 0.733. The molecule has 0 spiro atoms. The molecule has 0 atom stereocenters. The van der Waals surface area contributed by atoms with Crippen molar-refractivity contribution in [2.45, 2.75) is 32.1 Å². The molecule has 0 saturated carbocycles. The largest absolute Gasteiger partial charge is 0.341 e. The molecule has 4 rings (SSSR count). The molecule has 2 heteroatoms. The van der Waals surface area contributed by atoms with Gasteiger partial charge in [0.05, 0.1) is 0 Å². The van der Waals surface area contributed by atoms with Crippen LogP contribution in [0.15, 0.2) is 84.9 Å². The quantitative estimate of drug-likeness (QED) is 0.465. The molecule has 2 nitrogen and oxygen atoms in total. The average Bonchev–Trinajstić information content (AvgIpc) is 2.78. The SMILES string of the molecule is Cc1cccc(C2CCN(CCCN(c3ccccc3)c3ccccc3)CC2)c1. The van der Waals surface area contributed by atoms with E-state index in [0.29, 0.717) is 0 Å². The maximum atomic E-state index is 2.65. The van der Waals surface area contributed by atoms with Crippen LogP contribution in [0.2, 0.25) is 0 Å². The summed E-state index contributed by atoms with van der Waals surface area (Å²) >= 11 is 0. The molecule has 0 bridgehead atoms. The highest BCUT2D eigenvalue weighted by molar-refractivity contribution is 5.62. The van der Waals surface area contributed by atoms with Gasteiger partial charge in [-0.05, 0) is 81.6 Å². The fourth-order valence-corrected chi connectivity index (χ4v) is 4.49. The van der Waals surface area contributed by atoms with Crippen molar-refractivity contribution in [3.8, 4) is 0 Å². The number of rotatable bonds is 7. The molecular weight excluding hydrogens is 352 g/mol. The smallest absolute Gasteiger partial charge is 0.0410 e. The summed E-state index contributed by atoms with van der Waals surface area (Å²) < 4.78 is 0. The topological polar surface area (TPSA) is 6.48 Å². The van der Waals surface area contributed by atoms with E-state index in [1.54, 1.807) is 0 Å². The van der Waals surface area contributed by atoms with Crippen LogP contribution in [-0.2, 0) is 0 Å². The highest BCUT2D eigenvalue weighted by Crippen LogP contribution is 2.29. The Hall–Kier alpha value is -2.58. The lowest BCUT2D eigenvalue weighted by atomic mass is 9.88. The Morgan fingerprint density at radius 1 is 0.793 bits per heavy atom. The van der Waals surface area contributed by atoms with Crippen LogP contribution in [-0.4, -0.2) is 31.1 Å². The molecule has 1 aliphatic rings. The highest BCUT2D eigenvalue weighted by Gasteiger charge is 2.20. The summed E-state index contributed by atoms with van der Waals surface area (Å²) in [5.74, 6) is 0.733. The summed E-state index contributed by atoms with van der Waals surface area (Å²) in [7, 11) is 0. The van der Waals surface area contributed by atoms with E-state index in [-0.39, 0.29) is 0 Å². The first kappa shape index (κ1) is 19.7. The van der Waals surface area contributed by atoms with E-state index in [2.05, 4.69) is 102 Å². The maximum Gasteiger partial charge on any atom is 0.0410 e. The van der Waals surface area contributed by atoms with Gasteiger partial charge in [-0.1, -0.05) is 66.2 Å². The van der Waals surface area contributed by atoms with Gasteiger partial charge in [-0.25, -0.2) is 0 Å². The first-order valence-corrected chi connectivity index (χ1v) is 11.0. The number of hydrogen-bond acceptors (Lipinski definition) is 2. The highest BCUT2D eigenvalue weighted by atomic mass is 15.2. The molecule has 0 aliphatic carbocycles. The second kappa shape index (κ2) is 9.76. The normalized spacial score (nSPS) is 15.3. The summed E-state index contributed by atoms with van der Waals surface area (Å²) in [5, 5.41) is 0. The maximum absolute atomic E-state index is 2.65. The van der Waals surface area contributed by atoms with Crippen LogP contribution in [0.25, 0.3) is 0 Å². The number of likely N-dealkylation sites (tertiary alicyclic amines) is 1. The molecule has 3 aromatic carbocycles. The van der Waals surface area contributed by atoms with Gasteiger partial charge in [0, 0.05) is 17.9 Å². The van der Waals surface area contributed by atoms with E-state index < -0.39 is 0 Å². The standard InChI is InChI=1S/C27H32N2/c1-23-10-8-11-25(22-23)24-16-20-28(21-17-24)18-9-19-29(26-12-4-2-5-13-26)27-14-6-3-7-15-27/h2-8,10-15,22,24H,9,16-21H2,1H3. The van der Waals surface area contributed by atoms with E-state index in [1.165, 1.54) is 61.4 Å². The molecule has 3 aromatic rings. The Morgan fingerprint density at radius 3 is 2.00 bits per heavy atom. The molecule has 0 amide bonds. The van der Waals surface area contributed by atoms with Crippen LogP contribution in [0.5, 0.6) is 0 Å². The van der Waals surface area contributed by atoms with Gasteiger partial charge in [0.15, 0.2) is 0 Å². The Morgan fingerprint density at radius 2 is 1.41 bits per heavy atom. The van der Waals surface area contributed by atoms with Crippen molar-refractivity contribution in [3.63, 3.8) is 0 Å². The molecule has 1 fully saturated rings. The number of para-hydroxylation sites is 2. The van der Waals surface area contributed by atoms with Crippen LogP contribution >= 0.6 is 0 Å². The summed E-state index contributed by atoms with van der Waals surface area (Å²) in [6.07, 6.45) is 3.74. The van der Waals surface area contributed by atoms with Crippen molar-refractivity contribution in [2.24, 2.45) is 0 Å². The van der Waals surface area contributed by atoms with Gasteiger partial charge in [-0.2, -0.15) is 0 Å². The molecule has 0 radical (unpaired) electrons.